The number of carboxylic acid groups (broad SMARTS) is 1. The minimum Gasteiger partial charge on any atom is -0.481 e. The van der Waals surface area contributed by atoms with E-state index in [1.807, 2.05) is 0 Å². The highest BCUT2D eigenvalue weighted by Crippen LogP contribution is 1.67. The van der Waals surface area contributed by atoms with E-state index in [0.29, 0.717) is 0 Å². The molecule has 0 aromatic carbocycles. The lowest BCUT2D eigenvalue weighted by Gasteiger charge is -1.87. The molecule has 0 amide bonds. The van der Waals surface area contributed by atoms with Crippen LogP contribution in [0.2, 0.25) is 0 Å². The van der Waals surface area contributed by atoms with Crippen molar-refractivity contribution in [3.63, 3.8) is 0 Å². The molecule has 5 heteroatoms. The number of methoxy groups -OCH3 is 1. The van der Waals surface area contributed by atoms with Gasteiger partial charge in [0.05, 0.1) is 13.7 Å². The van der Waals surface area contributed by atoms with Gasteiger partial charge in [0.2, 0.25) is 0 Å². The molecule has 0 aliphatic heterocycles. The number of nitrogens with two attached hydrogens (primary N) is 1. The zero-order valence-electron chi connectivity index (χ0n) is 6.66. The highest BCUT2D eigenvalue weighted by molar-refractivity contribution is 5.71. The van der Waals surface area contributed by atoms with Gasteiger partial charge >= 0.3 is 11.9 Å². The van der Waals surface area contributed by atoms with Gasteiger partial charge in [0.15, 0.2) is 0 Å². The Kier molecular flexibility index (Phi) is 10.2. The summed E-state index contributed by atoms with van der Waals surface area (Å²) < 4.78 is 4.14. The van der Waals surface area contributed by atoms with Gasteiger partial charge in [0, 0.05) is 6.42 Å². The molecule has 0 aromatic heterocycles. The second-order valence-corrected chi connectivity index (χ2v) is 1.53. The summed E-state index contributed by atoms with van der Waals surface area (Å²) in [4.78, 5) is 19.2. The Morgan fingerprint density at radius 1 is 1.55 bits per heavy atom. The van der Waals surface area contributed by atoms with Gasteiger partial charge in [-0.2, -0.15) is 0 Å². The van der Waals surface area contributed by atoms with Gasteiger partial charge in [-0.3, -0.25) is 9.59 Å². The quantitative estimate of drug-likeness (QED) is 0.540. The standard InChI is InChI=1S/C3H7NO2.C3H6O2/c1-6-3(5)2-4;1-2-3(4)5/h2,4H2,1H3;2H2,1H3,(H,4,5). The first-order chi connectivity index (χ1) is 5.08. The molecule has 0 aromatic rings. The lowest BCUT2D eigenvalue weighted by atomic mass is 10.5. The van der Waals surface area contributed by atoms with Crippen LogP contribution >= 0.6 is 0 Å². The van der Waals surface area contributed by atoms with Crippen molar-refractivity contribution < 1.29 is 19.4 Å². The van der Waals surface area contributed by atoms with Crippen molar-refractivity contribution in [2.45, 2.75) is 13.3 Å². The van der Waals surface area contributed by atoms with Gasteiger partial charge in [0.1, 0.15) is 0 Å². The third kappa shape index (κ3) is 17.6. The molecule has 11 heavy (non-hydrogen) atoms. The molecule has 0 rings (SSSR count). The number of carbonyl (C=O) groups excluding carboxylic acids is 1. The van der Waals surface area contributed by atoms with E-state index in [9.17, 15) is 9.59 Å². The number of ether oxygens (including phenoxy) is 1. The van der Waals surface area contributed by atoms with Crippen molar-refractivity contribution >= 4 is 11.9 Å². The van der Waals surface area contributed by atoms with E-state index in [4.69, 9.17) is 10.8 Å². The molecule has 0 atom stereocenters. The molecule has 0 unspecified atom stereocenters. The second kappa shape index (κ2) is 8.90. The van der Waals surface area contributed by atoms with Gasteiger partial charge in [0.25, 0.3) is 0 Å². The van der Waals surface area contributed by atoms with Gasteiger partial charge in [-0.1, -0.05) is 6.92 Å². The topological polar surface area (TPSA) is 89.6 Å². The van der Waals surface area contributed by atoms with Crippen LogP contribution in [-0.2, 0) is 14.3 Å². The molecule has 0 spiro atoms. The van der Waals surface area contributed by atoms with Crippen LogP contribution in [0.4, 0.5) is 0 Å². The number of carboxylic acids is 1. The fourth-order valence-corrected chi connectivity index (χ4v) is 0.0833. The third-order valence-electron chi connectivity index (χ3n) is 0.697. The minimum atomic E-state index is -0.745. The average molecular weight is 163 g/mol. The maximum Gasteiger partial charge on any atom is 0.319 e. The molecule has 0 heterocycles. The van der Waals surface area contributed by atoms with Crippen molar-refractivity contribution in [3.8, 4) is 0 Å². The molecule has 66 valence electrons. The number of carbonyl (C=O) groups is 2. The van der Waals surface area contributed by atoms with E-state index in [2.05, 4.69) is 4.74 Å². The molecule has 0 radical (unpaired) electrons. The summed E-state index contributed by atoms with van der Waals surface area (Å²) in [5.41, 5.74) is 4.81. The third-order valence-corrected chi connectivity index (χ3v) is 0.697. The van der Waals surface area contributed by atoms with Crippen LogP contribution < -0.4 is 5.73 Å². The summed E-state index contributed by atoms with van der Waals surface area (Å²) in [7, 11) is 1.30. The van der Waals surface area contributed by atoms with E-state index < -0.39 is 5.97 Å². The summed E-state index contributed by atoms with van der Waals surface area (Å²) >= 11 is 0. The van der Waals surface area contributed by atoms with Crippen LogP contribution in [0.15, 0.2) is 0 Å². The SMILES string of the molecule is CCC(=O)O.COC(=O)CN. The second-order valence-electron chi connectivity index (χ2n) is 1.53. The van der Waals surface area contributed by atoms with Gasteiger partial charge in [-0.05, 0) is 0 Å². The van der Waals surface area contributed by atoms with Crippen molar-refractivity contribution in [3.05, 3.63) is 0 Å². The number of rotatable bonds is 2. The summed E-state index contributed by atoms with van der Waals surface area (Å²) in [5.74, 6) is -1.12. The first-order valence-electron chi connectivity index (χ1n) is 3.07. The molecule has 0 aliphatic rings. The van der Waals surface area contributed by atoms with E-state index in [0.717, 1.165) is 0 Å². The van der Waals surface area contributed by atoms with Crippen molar-refractivity contribution in [2.24, 2.45) is 5.73 Å². The summed E-state index contributed by atoms with van der Waals surface area (Å²) in [6.07, 6.45) is 0.222. The van der Waals surface area contributed by atoms with Gasteiger partial charge in [-0.25, -0.2) is 0 Å². The summed E-state index contributed by atoms with van der Waals surface area (Å²) in [5, 5.41) is 7.72. The molecule has 0 saturated carbocycles. The molecular formula is C6H13NO4. The van der Waals surface area contributed by atoms with Crippen LogP contribution in [0, 0.1) is 0 Å². The first-order valence-corrected chi connectivity index (χ1v) is 3.07. The Bertz CT molecular complexity index is 118. The summed E-state index contributed by atoms with van der Waals surface area (Å²) in [6.45, 7) is 1.57. The van der Waals surface area contributed by atoms with Gasteiger partial charge < -0.3 is 15.6 Å². The number of hydrogen-bond donors (Lipinski definition) is 2. The van der Waals surface area contributed by atoms with Crippen LogP contribution in [0.3, 0.4) is 0 Å². The molecule has 5 nitrogen and oxygen atoms in total. The van der Waals surface area contributed by atoms with E-state index >= 15 is 0 Å². The Hall–Kier alpha value is -1.10. The number of hydrogen-bond acceptors (Lipinski definition) is 4. The van der Waals surface area contributed by atoms with Crippen LogP contribution in [-0.4, -0.2) is 30.7 Å². The number of aliphatic carboxylic acids is 1. The van der Waals surface area contributed by atoms with Crippen molar-refractivity contribution in [1.29, 1.82) is 0 Å². The molecule has 0 fully saturated rings. The normalized spacial score (nSPS) is 7.55. The minimum absolute atomic E-state index is 0.0312. The Labute approximate surface area is 65.1 Å². The fraction of sp³-hybridized carbons (Fsp3) is 0.667. The van der Waals surface area contributed by atoms with Crippen LogP contribution in [0.5, 0.6) is 0 Å². The zero-order chi connectivity index (χ0) is 9.28. The molecular weight excluding hydrogens is 150 g/mol. The molecule has 3 N–H and O–H groups in total. The lowest BCUT2D eigenvalue weighted by molar-refractivity contribution is -0.139. The largest absolute Gasteiger partial charge is 0.481 e. The Morgan fingerprint density at radius 3 is 1.91 bits per heavy atom. The van der Waals surface area contributed by atoms with Crippen LogP contribution in [0.1, 0.15) is 13.3 Å². The monoisotopic (exact) mass is 163 g/mol. The molecule has 0 saturated heterocycles. The first kappa shape index (κ1) is 12.6. The van der Waals surface area contributed by atoms with E-state index in [1.165, 1.54) is 7.11 Å². The highest BCUT2D eigenvalue weighted by Gasteiger charge is 1.87. The fourth-order valence-electron chi connectivity index (χ4n) is 0.0833. The maximum absolute atomic E-state index is 9.83. The highest BCUT2D eigenvalue weighted by atomic mass is 16.5. The van der Waals surface area contributed by atoms with Gasteiger partial charge in [-0.15, -0.1) is 0 Å². The van der Waals surface area contributed by atoms with Crippen molar-refractivity contribution in [2.75, 3.05) is 13.7 Å². The molecule has 0 aliphatic carbocycles. The predicted molar refractivity (Wildman–Crippen MR) is 39.0 cm³/mol. The predicted octanol–water partition coefficient (Wildman–Crippen LogP) is -0.401. The number of esters is 1. The smallest absolute Gasteiger partial charge is 0.319 e. The molecule has 0 bridgehead atoms. The van der Waals surface area contributed by atoms with Crippen LogP contribution in [0.25, 0.3) is 0 Å². The van der Waals surface area contributed by atoms with Crippen molar-refractivity contribution in [1.82, 2.24) is 0 Å². The zero-order valence-corrected chi connectivity index (χ0v) is 6.66. The Morgan fingerprint density at radius 2 is 1.91 bits per heavy atom. The van der Waals surface area contributed by atoms with E-state index in [-0.39, 0.29) is 18.9 Å². The van der Waals surface area contributed by atoms with E-state index in [1.54, 1.807) is 6.92 Å². The average Bonchev–Trinajstić information content (AvgIpc) is 2.04. The Balaban J connectivity index is 0. The summed E-state index contributed by atoms with van der Waals surface area (Å²) in [6, 6.07) is 0. The lowest BCUT2D eigenvalue weighted by Crippen LogP contribution is -2.14. The maximum atomic E-state index is 9.83.